The van der Waals surface area contributed by atoms with Gasteiger partial charge in [0.05, 0.1) is 6.42 Å². The van der Waals surface area contributed by atoms with Gasteiger partial charge in [0.1, 0.15) is 6.04 Å². The summed E-state index contributed by atoms with van der Waals surface area (Å²) in [6, 6.07) is 18.0. The van der Waals surface area contributed by atoms with E-state index in [-0.39, 0.29) is 17.9 Å². The van der Waals surface area contributed by atoms with Gasteiger partial charge in [0.25, 0.3) is 0 Å². The summed E-state index contributed by atoms with van der Waals surface area (Å²) >= 11 is 0. The summed E-state index contributed by atoms with van der Waals surface area (Å²) in [4.78, 5) is 28.3. The lowest BCUT2D eigenvalue weighted by Crippen LogP contribution is -2.52. The first-order chi connectivity index (χ1) is 14.6. The second kappa shape index (κ2) is 11.0. The Labute approximate surface area is 180 Å². The predicted octanol–water partition coefficient (Wildman–Crippen LogP) is 4.45. The number of nitrogens with zero attached hydrogens (tertiary/aromatic N) is 1. The minimum absolute atomic E-state index is 0.00408. The zero-order chi connectivity index (χ0) is 21.3. The Kier molecular flexibility index (Phi) is 8.06. The maximum atomic E-state index is 13.4. The van der Waals surface area contributed by atoms with Crippen LogP contribution in [0, 0.1) is 6.92 Å². The van der Waals surface area contributed by atoms with Crippen molar-refractivity contribution in [1.82, 2.24) is 10.2 Å². The molecule has 1 fully saturated rings. The Hall–Kier alpha value is -2.62. The molecule has 0 aromatic heterocycles. The average molecular weight is 407 g/mol. The lowest BCUT2D eigenvalue weighted by atomic mass is 10.0. The van der Waals surface area contributed by atoms with E-state index >= 15 is 0 Å². The van der Waals surface area contributed by atoms with Crippen molar-refractivity contribution in [3.8, 4) is 0 Å². The molecular weight excluding hydrogens is 372 g/mol. The molecule has 0 spiro atoms. The molecule has 0 bridgehead atoms. The molecule has 4 nitrogen and oxygen atoms in total. The summed E-state index contributed by atoms with van der Waals surface area (Å²) in [5.74, 6) is 0.0178. The van der Waals surface area contributed by atoms with Crippen molar-refractivity contribution in [3.05, 3.63) is 71.3 Å². The Balaban J connectivity index is 1.76. The summed E-state index contributed by atoms with van der Waals surface area (Å²) in [5.41, 5.74) is 3.31. The molecule has 2 aromatic carbocycles. The smallest absolute Gasteiger partial charge is 0.243 e. The van der Waals surface area contributed by atoms with E-state index in [1.165, 1.54) is 18.4 Å². The molecule has 0 radical (unpaired) electrons. The van der Waals surface area contributed by atoms with Crippen LogP contribution in [0.25, 0.3) is 0 Å². The van der Waals surface area contributed by atoms with Crippen LogP contribution in [0.5, 0.6) is 0 Å². The quantitative estimate of drug-likeness (QED) is 0.669. The van der Waals surface area contributed by atoms with E-state index in [4.69, 9.17) is 0 Å². The van der Waals surface area contributed by atoms with Crippen molar-refractivity contribution < 1.29 is 9.59 Å². The van der Waals surface area contributed by atoms with Crippen molar-refractivity contribution in [2.75, 3.05) is 6.54 Å². The van der Waals surface area contributed by atoms with Gasteiger partial charge in [-0.3, -0.25) is 9.59 Å². The summed E-state index contributed by atoms with van der Waals surface area (Å²) in [6.45, 7) is 4.57. The second-order valence-corrected chi connectivity index (χ2v) is 8.34. The molecular formula is C26H34N2O2. The van der Waals surface area contributed by atoms with Gasteiger partial charge in [-0.15, -0.1) is 0 Å². The fraction of sp³-hybridized carbons (Fsp3) is 0.462. The van der Waals surface area contributed by atoms with Gasteiger partial charge in [0.15, 0.2) is 0 Å². The van der Waals surface area contributed by atoms with E-state index in [0.717, 1.165) is 30.4 Å². The minimum Gasteiger partial charge on any atom is -0.352 e. The lowest BCUT2D eigenvalue weighted by Gasteiger charge is -2.31. The van der Waals surface area contributed by atoms with Crippen LogP contribution < -0.4 is 5.32 Å². The Morgan fingerprint density at radius 3 is 2.37 bits per heavy atom. The zero-order valence-electron chi connectivity index (χ0n) is 18.3. The van der Waals surface area contributed by atoms with E-state index in [9.17, 15) is 9.59 Å². The third-order valence-electron chi connectivity index (χ3n) is 6.17. The molecule has 0 heterocycles. The number of amides is 2. The number of benzene rings is 2. The van der Waals surface area contributed by atoms with Crippen molar-refractivity contribution >= 4 is 11.8 Å². The van der Waals surface area contributed by atoms with Crippen LogP contribution in [-0.4, -0.2) is 35.3 Å². The summed E-state index contributed by atoms with van der Waals surface area (Å²) in [5, 5.41) is 3.21. The normalized spacial score (nSPS) is 15.0. The zero-order valence-corrected chi connectivity index (χ0v) is 18.3. The number of carbonyl (C=O) groups excluding carboxylic acids is 2. The SMILES string of the molecule is CCC(C(=O)NC1CCCC1)N(CCc1ccccc1)C(=O)Cc1ccccc1C. The molecule has 0 aliphatic heterocycles. The van der Waals surface area contributed by atoms with Crippen LogP contribution in [0.15, 0.2) is 54.6 Å². The molecule has 3 rings (SSSR count). The van der Waals surface area contributed by atoms with Gasteiger partial charge in [-0.25, -0.2) is 0 Å². The maximum Gasteiger partial charge on any atom is 0.243 e. The highest BCUT2D eigenvalue weighted by Gasteiger charge is 2.30. The van der Waals surface area contributed by atoms with Gasteiger partial charge in [0, 0.05) is 12.6 Å². The van der Waals surface area contributed by atoms with Crippen LogP contribution >= 0.6 is 0 Å². The molecule has 4 heteroatoms. The molecule has 1 atom stereocenters. The highest BCUT2D eigenvalue weighted by atomic mass is 16.2. The fourth-order valence-electron chi connectivity index (χ4n) is 4.34. The van der Waals surface area contributed by atoms with Crippen molar-refractivity contribution in [3.63, 3.8) is 0 Å². The van der Waals surface area contributed by atoms with Crippen LogP contribution in [0.4, 0.5) is 0 Å². The highest BCUT2D eigenvalue weighted by Crippen LogP contribution is 2.19. The van der Waals surface area contributed by atoms with Crippen molar-refractivity contribution in [2.45, 2.75) is 70.9 Å². The Morgan fingerprint density at radius 2 is 1.70 bits per heavy atom. The number of rotatable bonds is 9. The van der Waals surface area contributed by atoms with E-state index in [0.29, 0.717) is 19.4 Å². The monoisotopic (exact) mass is 406 g/mol. The molecule has 0 saturated heterocycles. The van der Waals surface area contributed by atoms with Crippen molar-refractivity contribution in [1.29, 1.82) is 0 Å². The minimum atomic E-state index is -0.425. The van der Waals surface area contributed by atoms with Crippen molar-refractivity contribution in [2.24, 2.45) is 0 Å². The summed E-state index contributed by atoms with van der Waals surface area (Å²) < 4.78 is 0. The van der Waals surface area contributed by atoms with Crippen LogP contribution in [-0.2, 0) is 22.4 Å². The third-order valence-corrected chi connectivity index (χ3v) is 6.17. The molecule has 1 aliphatic rings. The molecule has 1 saturated carbocycles. The number of aryl methyl sites for hydroxylation is 1. The highest BCUT2D eigenvalue weighted by molar-refractivity contribution is 5.88. The average Bonchev–Trinajstić information content (AvgIpc) is 3.26. The van der Waals surface area contributed by atoms with Gasteiger partial charge in [-0.2, -0.15) is 0 Å². The molecule has 1 aliphatic carbocycles. The summed E-state index contributed by atoms with van der Waals surface area (Å²) in [6.07, 6.45) is 6.12. The number of hydrogen-bond acceptors (Lipinski definition) is 2. The van der Waals surface area contributed by atoms with Gasteiger partial charge < -0.3 is 10.2 Å². The topological polar surface area (TPSA) is 49.4 Å². The third kappa shape index (κ3) is 5.94. The van der Waals surface area contributed by atoms with Crippen LogP contribution in [0.1, 0.15) is 55.7 Å². The first-order valence-electron chi connectivity index (χ1n) is 11.3. The molecule has 1 unspecified atom stereocenters. The Bertz CT molecular complexity index is 828. The standard InChI is InChI=1S/C26H34N2O2/c1-3-24(26(30)27-23-15-9-10-16-23)28(18-17-21-12-5-4-6-13-21)25(29)19-22-14-8-7-11-20(22)2/h4-8,11-14,23-24H,3,9-10,15-19H2,1-2H3,(H,27,30). The van der Waals surface area contributed by atoms with E-state index < -0.39 is 6.04 Å². The molecule has 1 N–H and O–H groups in total. The number of hydrogen-bond donors (Lipinski definition) is 1. The molecule has 160 valence electrons. The Morgan fingerprint density at radius 1 is 1.03 bits per heavy atom. The first-order valence-corrected chi connectivity index (χ1v) is 11.3. The fourth-order valence-corrected chi connectivity index (χ4v) is 4.34. The molecule has 2 amide bonds. The van der Waals surface area contributed by atoms with Gasteiger partial charge in [0.2, 0.25) is 11.8 Å². The first kappa shape index (κ1) is 22.1. The second-order valence-electron chi connectivity index (χ2n) is 8.34. The lowest BCUT2D eigenvalue weighted by molar-refractivity contribution is -0.140. The summed E-state index contributed by atoms with van der Waals surface area (Å²) in [7, 11) is 0. The largest absolute Gasteiger partial charge is 0.352 e. The van der Waals surface area contributed by atoms with Gasteiger partial charge >= 0.3 is 0 Å². The number of nitrogens with one attached hydrogen (secondary N) is 1. The van der Waals surface area contributed by atoms with E-state index in [1.807, 2.05) is 61.2 Å². The number of carbonyl (C=O) groups is 2. The van der Waals surface area contributed by atoms with Gasteiger partial charge in [-0.1, -0.05) is 74.4 Å². The maximum absolute atomic E-state index is 13.4. The van der Waals surface area contributed by atoms with E-state index in [2.05, 4.69) is 17.4 Å². The van der Waals surface area contributed by atoms with Crippen LogP contribution in [0.3, 0.4) is 0 Å². The van der Waals surface area contributed by atoms with Gasteiger partial charge in [-0.05, 0) is 49.3 Å². The van der Waals surface area contributed by atoms with Crippen LogP contribution in [0.2, 0.25) is 0 Å². The molecule has 30 heavy (non-hydrogen) atoms. The molecule has 2 aromatic rings. The van der Waals surface area contributed by atoms with E-state index in [1.54, 1.807) is 0 Å². The predicted molar refractivity (Wildman–Crippen MR) is 121 cm³/mol.